The van der Waals surface area contributed by atoms with Crippen molar-refractivity contribution in [2.45, 2.75) is 44.8 Å². The molecule has 0 spiro atoms. The fourth-order valence-electron chi connectivity index (χ4n) is 2.49. The van der Waals surface area contributed by atoms with Crippen LogP contribution in [-0.4, -0.2) is 35.7 Å². The van der Waals surface area contributed by atoms with Crippen molar-refractivity contribution in [3.05, 3.63) is 35.4 Å². The van der Waals surface area contributed by atoms with E-state index in [4.69, 9.17) is 9.84 Å². The first kappa shape index (κ1) is 15.5. The van der Waals surface area contributed by atoms with Crippen LogP contribution in [0, 0.1) is 6.92 Å². The van der Waals surface area contributed by atoms with Crippen LogP contribution in [0.2, 0.25) is 0 Å². The maximum Gasteiger partial charge on any atom is 0.332 e. The first-order valence-electron chi connectivity index (χ1n) is 7.25. The van der Waals surface area contributed by atoms with E-state index in [2.05, 4.69) is 5.32 Å². The summed E-state index contributed by atoms with van der Waals surface area (Å²) in [6, 6.07) is 8.01. The number of carboxylic acid groups (broad SMARTS) is 1. The Labute approximate surface area is 124 Å². The van der Waals surface area contributed by atoms with Gasteiger partial charge in [0.1, 0.15) is 0 Å². The number of carboxylic acids is 1. The molecule has 2 atom stereocenters. The number of carbonyl (C=O) groups is 2. The maximum atomic E-state index is 11.8. The number of benzene rings is 1. The zero-order valence-electron chi connectivity index (χ0n) is 12.2. The summed E-state index contributed by atoms with van der Waals surface area (Å²) < 4.78 is 5.34. The molecular formula is C16H21NO4. The average Bonchev–Trinajstić information content (AvgIpc) is 2.93. The smallest absolute Gasteiger partial charge is 0.332 e. The first-order chi connectivity index (χ1) is 10.1. The minimum atomic E-state index is -0.927. The second-order valence-corrected chi connectivity index (χ2v) is 5.39. The Bertz CT molecular complexity index is 515. The van der Waals surface area contributed by atoms with Gasteiger partial charge >= 0.3 is 5.97 Å². The zero-order chi connectivity index (χ0) is 15.2. The van der Waals surface area contributed by atoms with Gasteiger partial charge in [-0.1, -0.05) is 24.3 Å². The Hall–Kier alpha value is -1.88. The third-order valence-electron chi connectivity index (χ3n) is 3.79. The third kappa shape index (κ3) is 4.56. The Morgan fingerprint density at radius 3 is 2.76 bits per heavy atom. The van der Waals surface area contributed by atoms with Crippen molar-refractivity contribution in [2.24, 2.45) is 0 Å². The molecule has 0 saturated carbocycles. The van der Waals surface area contributed by atoms with Gasteiger partial charge < -0.3 is 15.2 Å². The van der Waals surface area contributed by atoms with Gasteiger partial charge in [-0.15, -0.1) is 0 Å². The Kier molecular flexibility index (Phi) is 5.33. The molecule has 1 aromatic rings. The van der Waals surface area contributed by atoms with Crippen LogP contribution in [-0.2, 0) is 20.7 Å². The third-order valence-corrected chi connectivity index (χ3v) is 3.79. The number of aryl methyl sites for hydroxylation is 2. The molecule has 0 bridgehead atoms. The van der Waals surface area contributed by atoms with Crippen molar-refractivity contribution >= 4 is 11.9 Å². The van der Waals surface area contributed by atoms with Crippen LogP contribution in [0.25, 0.3) is 0 Å². The van der Waals surface area contributed by atoms with E-state index >= 15 is 0 Å². The van der Waals surface area contributed by atoms with Crippen LogP contribution in [0.15, 0.2) is 24.3 Å². The van der Waals surface area contributed by atoms with Gasteiger partial charge in [0.05, 0.1) is 6.10 Å². The summed E-state index contributed by atoms with van der Waals surface area (Å²) in [6.07, 6.45) is 1.42. The van der Waals surface area contributed by atoms with Gasteiger partial charge in [-0.25, -0.2) is 4.79 Å². The van der Waals surface area contributed by atoms with Gasteiger partial charge in [-0.2, -0.15) is 0 Å². The number of aliphatic carboxylic acids is 1. The Balaban J connectivity index is 1.69. The van der Waals surface area contributed by atoms with Crippen LogP contribution in [0.5, 0.6) is 0 Å². The van der Waals surface area contributed by atoms with E-state index in [0.717, 1.165) is 0 Å². The summed E-state index contributed by atoms with van der Waals surface area (Å²) in [7, 11) is 0. The largest absolute Gasteiger partial charge is 0.479 e. The highest BCUT2D eigenvalue weighted by Crippen LogP contribution is 2.19. The molecule has 2 rings (SSSR count). The molecule has 21 heavy (non-hydrogen) atoms. The summed E-state index contributed by atoms with van der Waals surface area (Å²) in [4.78, 5) is 22.6. The first-order valence-corrected chi connectivity index (χ1v) is 7.25. The topological polar surface area (TPSA) is 75.6 Å². The molecule has 2 N–H and O–H groups in total. The van der Waals surface area contributed by atoms with E-state index in [1.165, 1.54) is 11.1 Å². The zero-order valence-corrected chi connectivity index (χ0v) is 12.2. The van der Waals surface area contributed by atoms with Crippen molar-refractivity contribution in [2.75, 3.05) is 6.54 Å². The van der Waals surface area contributed by atoms with Crippen LogP contribution in [0.4, 0.5) is 0 Å². The summed E-state index contributed by atoms with van der Waals surface area (Å²) in [5.41, 5.74) is 2.37. The second kappa shape index (κ2) is 7.22. The fourth-order valence-corrected chi connectivity index (χ4v) is 2.49. The molecular weight excluding hydrogens is 270 g/mol. The van der Waals surface area contributed by atoms with E-state index in [1.807, 2.05) is 31.2 Å². The van der Waals surface area contributed by atoms with Crippen molar-refractivity contribution in [3.8, 4) is 0 Å². The molecule has 5 heteroatoms. The predicted molar refractivity (Wildman–Crippen MR) is 78.0 cm³/mol. The fraction of sp³-hybridized carbons (Fsp3) is 0.500. The molecule has 0 radical (unpaired) electrons. The van der Waals surface area contributed by atoms with E-state index in [0.29, 0.717) is 32.2 Å². The molecule has 5 nitrogen and oxygen atoms in total. The van der Waals surface area contributed by atoms with E-state index in [9.17, 15) is 9.59 Å². The maximum absolute atomic E-state index is 11.8. The highest BCUT2D eigenvalue weighted by molar-refractivity contribution is 5.76. The second-order valence-electron chi connectivity index (χ2n) is 5.39. The number of hydrogen-bond donors (Lipinski definition) is 2. The molecule has 114 valence electrons. The van der Waals surface area contributed by atoms with Crippen LogP contribution in [0.1, 0.15) is 30.4 Å². The number of rotatable bonds is 6. The SMILES string of the molecule is Cc1ccccc1CCC(=O)NCC1CCC(C(=O)O)O1. The van der Waals surface area contributed by atoms with Gasteiger partial charge in [0.15, 0.2) is 6.10 Å². The standard InChI is InChI=1S/C16H21NO4/c1-11-4-2-3-5-12(11)6-9-15(18)17-10-13-7-8-14(21-13)16(19)20/h2-5,13-14H,6-10H2,1H3,(H,17,18)(H,19,20). The molecule has 1 saturated heterocycles. The van der Waals surface area contributed by atoms with E-state index < -0.39 is 12.1 Å². The molecule has 1 fully saturated rings. The Morgan fingerprint density at radius 2 is 2.10 bits per heavy atom. The number of nitrogens with one attached hydrogen (secondary N) is 1. The van der Waals surface area contributed by atoms with Crippen molar-refractivity contribution in [1.29, 1.82) is 0 Å². The van der Waals surface area contributed by atoms with Crippen LogP contribution < -0.4 is 5.32 Å². The van der Waals surface area contributed by atoms with Crippen molar-refractivity contribution in [3.63, 3.8) is 0 Å². The Morgan fingerprint density at radius 1 is 1.33 bits per heavy atom. The monoisotopic (exact) mass is 291 g/mol. The number of ether oxygens (including phenoxy) is 1. The summed E-state index contributed by atoms with van der Waals surface area (Å²) in [5, 5.41) is 11.6. The number of hydrogen-bond acceptors (Lipinski definition) is 3. The van der Waals surface area contributed by atoms with E-state index in [-0.39, 0.29) is 12.0 Å². The van der Waals surface area contributed by atoms with Crippen LogP contribution in [0.3, 0.4) is 0 Å². The molecule has 0 aromatic heterocycles. The number of amides is 1. The predicted octanol–water partition coefficient (Wildman–Crippen LogP) is 1.68. The van der Waals surface area contributed by atoms with Gasteiger partial charge in [0.2, 0.25) is 5.91 Å². The highest BCUT2D eigenvalue weighted by atomic mass is 16.5. The normalized spacial score (nSPS) is 21.2. The summed E-state index contributed by atoms with van der Waals surface area (Å²) in [5.74, 6) is -0.955. The minimum Gasteiger partial charge on any atom is -0.479 e. The molecule has 0 aliphatic carbocycles. The van der Waals surface area contributed by atoms with Crippen molar-refractivity contribution in [1.82, 2.24) is 5.32 Å². The molecule has 2 unspecified atom stereocenters. The van der Waals surface area contributed by atoms with E-state index in [1.54, 1.807) is 0 Å². The lowest BCUT2D eigenvalue weighted by atomic mass is 10.0. The van der Waals surface area contributed by atoms with Gasteiger partial charge in [-0.05, 0) is 37.3 Å². The van der Waals surface area contributed by atoms with Gasteiger partial charge in [0, 0.05) is 13.0 Å². The lowest BCUT2D eigenvalue weighted by Crippen LogP contribution is -2.33. The minimum absolute atomic E-state index is 0.0272. The summed E-state index contributed by atoms with van der Waals surface area (Å²) >= 11 is 0. The lowest BCUT2D eigenvalue weighted by Gasteiger charge is -2.12. The quantitative estimate of drug-likeness (QED) is 0.836. The molecule has 1 aliphatic rings. The molecule has 1 aliphatic heterocycles. The average molecular weight is 291 g/mol. The molecule has 1 heterocycles. The highest BCUT2D eigenvalue weighted by Gasteiger charge is 2.30. The number of carbonyl (C=O) groups excluding carboxylic acids is 1. The van der Waals surface area contributed by atoms with Crippen molar-refractivity contribution < 1.29 is 19.4 Å². The summed E-state index contributed by atoms with van der Waals surface area (Å²) in [6.45, 7) is 2.42. The molecule has 1 amide bonds. The van der Waals surface area contributed by atoms with Crippen LogP contribution >= 0.6 is 0 Å². The van der Waals surface area contributed by atoms with Gasteiger partial charge in [-0.3, -0.25) is 4.79 Å². The molecule has 1 aromatic carbocycles. The van der Waals surface area contributed by atoms with Gasteiger partial charge in [0.25, 0.3) is 0 Å². The lowest BCUT2D eigenvalue weighted by molar-refractivity contribution is -0.149.